The lowest BCUT2D eigenvalue weighted by atomic mass is 10.2. The molecule has 6 nitrogen and oxygen atoms in total. The van der Waals surface area contributed by atoms with Crippen LogP contribution in [0.4, 0.5) is 24.7 Å². The van der Waals surface area contributed by atoms with Gasteiger partial charge in [-0.05, 0) is 36.4 Å². The summed E-state index contributed by atoms with van der Waals surface area (Å²) in [6, 6.07) is 7.79. The molecule has 9 heteroatoms. The molecule has 3 aromatic rings. The summed E-state index contributed by atoms with van der Waals surface area (Å²) in [6.45, 7) is -3.72. The van der Waals surface area contributed by atoms with Gasteiger partial charge in [0, 0.05) is 11.9 Å². The normalized spacial score (nSPS) is 10.7. The maximum Gasteiger partial charge on any atom is 0.387 e. The summed E-state index contributed by atoms with van der Waals surface area (Å²) in [5, 5.41) is 12.3. The molecule has 0 aliphatic heterocycles. The molecule has 0 unspecified atom stereocenters. The van der Waals surface area contributed by atoms with Crippen LogP contribution < -0.4 is 15.6 Å². The molecule has 2 N–H and O–H groups in total. The highest BCUT2D eigenvalue weighted by molar-refractivity contribution is 5.64. The van der Waals surface area contributed by atoms with E-state index in [9.17, 15) is 23.1 Å². The molecular formula is C17H16F3N3O3. The van der Waals surface area contributed by atoms with E-state index in [1.165, 1.54) is 42.6 Å². The fourth-order valence-electron chi connectivity index (χ4n) is 2.28. The van der Waals surface area contributed by atoms with Crippen molar-refractivity contribution in [1.29, 1.82) is 0 Å². The Morgan fingerprint density at radius 2 is 1.92 bits per heavy atom. The van der Waals surface area contributed by atoms with E-state index in [4.69, 9.17) is 0 Å². The Balaban J connectivity index is 0.00000243. The number of anilines is 2. The van der Waals surface area contributed by atoms with Crippen LogP contribution in [0.5, 0.6) is 5.75 Å². The number of rotatable bonds is 5. The highest BCUT2D eigenvalue weighted by atomic mass is 19.3. The highest BCUT2D eigenvalue weighted by Crippen LogP contribution is 2.23. The van der Waals surface area contributed by atoms with E-state index in [2.05, 4.69) is 15.0 Å². The molecule has 0 atom stereocenters. The SMILES string of the molecule is C.O=c1c(CO)c(Nc2ccc(F)cc2)nc2c(OC(F)F)cccn12. The number of benzene rings is 1. The van der Waals surface area contributed by atoms with Crippen molar-refractivity contribution in [1.82, 2.24) is 9.38 Å². The monoisotopic (exact) mass is 367 g/mol. The second-order valence-electron chi connectivity index (χ2n) is 4.98. The lowest BCUT2D eigenvalue weighted by molar-refractivity contribution is -0.0491. The van der Waals surface area contributed by atoms with Gasteiger partial charge < -0.3 is 15.2 Å². The number of ether oxygens (including phenoxy) is 1. The first-order valence-electron chi connectivity index (χ1n) is 7.12. The number of nitrogens with zero attached hydrogens (tertiary/aromatic N) is 2. The summed E-state index contributed by atoms with van der Waals surface area (Å²) in [6.07, 6.45) is 1.32. The van der Waals surface area contributed by atoms with Crippen molar-refractivity contribution in [3.05, 3.63) is 64.3 Å². The average molecular weight is 367 g/mol. The third kappa shape index (κ3) is 3.77. The zero-order valence-corrected chi connectivity index (χ0v) is 12.6. The third-order valence-electron chi connectivity index (χ3n) is 3.39. The predicted octanol–water partition coefficient (Wildman–Crippen LogP) is 3.31. The number of hydrogen-bond donors (Lipinski definition) is 2. The Bertz CT molecular complexity index is 959. The number of fused-ring (bicyclic) bond motifs is 1. The van der Waals surface area contributed by atoms with Gasteiger partial charge in [-0.15, -0.1) is 0 Å². The molecule has 0 aliphatic carbocycles. The van der Waals surface area contributed by atoms with Crippen molar-refractivity contribution < 1.29 is 23.0 Å². The van der Waals surface area contributed by atoms with E-state index < -0.39 is 24.6 Å². The molecule has 0 amide bonds. The summed E-state index contributed by atoms with van der Waals surface area (Å²) in [5.74, 6) is -0.780. The van der Waals surface area contributed by atoms with Crippen LogP contribution in [0.2, 0.25) is 0 Å². The Morgan fingerprint density at radius 1 is 1.23 bits per heavy atom. The average Bonchev–Trinajstić information content (AvgIpc) is 2.58. The topological polar surface area (TPSA) is 75.9 Å². The molecule has 2 heterocycles. The number of alkyl halides is 2. The molecule has 3 rings (SSSR count). The van der Waals surface area contributed by atoms with Gasteiger partial charge >= 0.3 is 6.61 Å². The van der Waals surface area contributed by atoms with E-state index in [0.717, 1.165) is 4.40 Å². The van der Waals surface area contributed by atoms with Gasteiger partial charge in [0.1, 0.15) is 11.6 Å². The largest absolute Gasteiger partial charge is 0.431 e. The smallest absolute Gasteiger partial charge is 0.387 e. The molecule has 0 spiro atoms. The van der Waals surface area contributed by atoms with Gasteiger partial charge in [-0.25, -0.2) is 9.37 Å². The first-order chi connectivity index (χ1) is 12.0. The second kappa shape index (κ2) is 7.87. The molecule has 0 fully saturated rings. The lowest BCUT2D eigenvalue weighted by Crippen LogP contribution is -2.22. The molecule has 26 heavy (non-hydrogen) atoms. The molecule has 0 bridgehead atoms. The van der Waals surface area contributed by atoms with Crippen molar-refractivity contribution in [3.63, 3.8) is 0 Å². The van der Waals surface area contributed by atoms with Crippen LogP contribution in [0.1, 0.15) is 13.0 Å². The fraction of sp³-hybridized carbons (Fsp3) is 0.176. The molecule has 0 saturated heterocycles. The number of pyridine rings is 1. The van der Waals surface area contributed by atoms with Crippen molar-refractivity contribution in [2.24, 2.45) is 0 Å². The van der Waals surface area contributed by atoms with E-state index >= 15 is 0 Å². The molecular weight excluding hydrogens is 351 g/mol. The van der Waals surface area contributed by atoms with Gasteiger partial charge in [0.05, 0.1) is 12.2 Å². The number of nitrogens with one attached hydrogen (secondary N) is 1. The van der Waals surface area contributed by atoms with E-state index in [-0.39, 0.29) is 30.2 Å². The first-order valence-corrected chi connectivity index (χ1v) is 7.12. The van der Waals surface area contributed by atoms with Crippen LogP contribution in [-0.4, -0.2) is 21.1 Å². The van der Waals surface area contributed by atoms with E-state index in [0.29, 0.717) is 5.69 Å². The van der Waals surface area contributed by atoms with E-state index in [1.54, 1.807) is 0 Å². The van der Waals surface area contributed by atoms with Crippen molar-refractivity contribution in [3.8, 4) is 5.75 Å². The van der Waals surface area contributed by atoms with Gasteiger partial charge in [-0.3, -0.25) is 9.20 Å². The van der Waals surface area contributed by atoms with Gasteiger partial charge in [0.15, 0.2) is 11.4 Å². The minimum Gasteiger partial charge on any atom is -0.431 e. The van der Waals surface area contributed by atoms with Gasteiger partial charge in [0.25, 0.3) is 5.56 Å². The van der Waals surface area contributed by atoms with Crippen molar-refractivity contribution >= 4 is 17.2 Å². The van der Waals surface area contributed by atoms with E-state index in [1.807, 2.05) is 0 Å². The zero-order valence-electron chi connectivity index (χ0n) is 12.6. The summed E-state index contributed by atoms with van der Waals surface area (Å²) < 4.78 is 43.5. The minimum atomic E-state index is -3.09. The molecule has 0 radical (unpaired) electrons. The Hall–Kier alpha value is -3.07. The lowest BCUT2D eigenvalue weighted by Gasteiger charge is -2.13. The van der Waals surface area contributed by atoms with Gasteiger partial charge in [0.2, 0.25) is 0 Å². The molecule has 0 aliphatic rings. The van der Waals surface area contributed by atoms with Crippen LogP contribution in [0.15, 0.2) is 47.4 Å². The highest BCUT2D eigenvalue weighted by Gasteiger charge is 2.16. The summed E-state index contributed by atoms with van der Waals surface area (Å²) in [5.41, 5.74) is -0.456. The van der Waals surface area contributed by atoms with Gasteiger partial charge in [-0.2, -0.15) is 8.78 Å². The quantitative estimate of drug-likeness (QED) is 0.724. The summed E-state index contributed by atoms with van der Waals surface area (Å²) in [4.78, 5) is 16.6. The van der Waals surface area contributed by atoms with Crippen LogP contribution in [-0.2, 0) is 6.61 Å². The van der Waals surface area contributed by atoms with Crippen molar-refractivity contribution in [2.45, 2.75) is 20.6 Å². The fourth-order valence-corrected chi connectivity index (χ4v) is 2.28. The molecule has 138 valence electrons. The number of aromatic nitrogens is 2. The minimum absolute atomic E-state index is 0. The van der Waals surface area contributed by atoms with Crippen LogP contribution in [0, 0.1) is 5.82 Å². The Kier molecular flexibility index (Phi) is 5.83. The molecule has 2 aromatic heterocycles. The first kappa shape index (κ1) is 19.3. The Morgan fingerprint density at radius 3 is 2.54 bits per heavy atom. The molecule has 1 aromatic carbocycles. The third-order valence-corrected chi connectivity index (χ3v) is 3.39. The Labute approximate surface area is 146 Å². The maximum atomic E-state index is 13.0. The summed E-state index contributed by atoms with van der Waals surface area (Å²) >= 11 is 0. The standard InChI is InChI=1S/C16H12F3N3O3.CH4/c17-9-3-5-10(6-4-9)20-13-11(8-23)15(24)22-7-1-2-12(14(22)21-13)25-16(18)19;/h1-7,16,20,23H,8H2;1H4. The predicted molar refractivity (Wildman–Crippen MR) is 90.4 cm³/mol. The second-order valence-corrected chi connectivity index (χ2v) is 4.98. The van der Waals surface area contributed by atoms with Crippen molar-refractivity contribution in [2.75, 3.05) is 5.32 Å². The van der Waals surface area contributed by atoms with Crippen LogP contribution in [0.25, 0.3) is 5.65 Å². The van der Waals surface area contributed by atoms with Gasteiger partial charge in [-0.1, -0.05) is 7.43 Å². The zero-order chi connectivity index (χ0) is 18.0. The number of halogens is 3. The number of aliphatic hydroxyl groups is 1. The summed E-state index contributed by atoms with van der Waals surface area (Å²) in [7, 11) is 0. The van der Waals surface area contributed by atoms with Crippen LogP contribution >= 0.6 is 0 Å². The number of hydrogen-bond acceptors (Lipinski definition) is 5. The molecule has 0 saturated carbocycles. The number of aliphatic hydroxyl groups excluding tert-OH is 1. The van der Waals surface area contributed by atoms with Crippen LogP contribution in [0.3, 0.4) is 0 Å². The maximum absolute atomic E-state index is 13.0.